The first-order chi connectivity index (χ1) is 11.8. The number of nitrogens with one attached hydrogen (secondary N) is 1. The number of aromatic nitrogens is 1. The Bertz CT molecular complexity index is 726. The summed E-state index contributed by atoms with van der Waals surface area (Å²) in [5.74, 6) is 1.57. The SMILES string of the molecule is COc1ccc2[nH]cc(C3CCN(CC4=CCCOC4)CC3)c2c1. The van der Waals surface area contributed by atoms with E-state index in [2.05, 4.69) is 34.3 Å². The molecule has 4 rings (SSSR count). The normalized spacial score (nSPS) is 20.3. The first-order valence-corrected chi connectivity index (χ1v) is 8.96. The highest BCUT2D eigenvalue weighted by molar-refractivity contribution is 5.85. The summed E-state index contributed by atoms with van der Waals surface area (Å²) in [5.41, 5.74) is 4.11. The number of hydrogen-bond donors (Lipinski definition) is 1. The second-order valence-corrected chi connectivity index (χ2v) is 6.91. The van der Waals surface area contributed by atoms with Crippen LogP contribution < -0.4 is 4.74 Å². The zero-order valence-corrected chi connectivity index (χ0v) is 14.4. The molecule has 4 heteroatoms. The summed E-state index contributed by atoms with van der Waals surface area (Å²) in [7, 11) is 1.73. The zero-order valence-electron chi connectivity index (χ0n) is 14.4. The molecular formula is C20H26N2O2. The van der Waals surface area contributed by atoms with E-state index < -0.39 is 0 Å². The van der Waals surface area contributed by atoms with Gasteiger partial charge in [0.05, 0.1) is 20.3 Å². The standard InChI is InChI=1S/C20H26N2O2/c1-23-17-4-5-20-18(11-17)19(12-21-20)16-6-8-22(9-7-16)13-15-3-2-10-24-14-15/h3-5,11-12,16,21H,2,6-10,13-14H2,1H3. The summed E-state index contributed by atoms with van der Waals surface area (Å²) in [6, 6.07) is 6.30. The van der Waals surface area contributed by atoms with Gasteiger partial charge in [0.1, 0.15) is 5.75 Å². The molecule has 1 N–H and O–H groups in total. The molecule has 128 valence electrons. The fourth-order valence-corrected chi connectivity index (χ4v) is 3.99. The molecule has 0 saturated carbocycles. The summed E-state index contributed by atoms with van der Waals surface area (Å²) in [5, 5.41) is 1.32. The quantitative estimate of drug-likeness (QED) is 0.871. The van der Waals surface area contributed by atoms with Crippen LogP contribution in [-0.4, -0.2) is 49.8 Å². The molecule has 0 amide bonds. The van der Waals surface area contributed by atoms with Gasteiger partial charge in [-0.1, -0.05) is 6.08 Å². The minimum Gasteiger partial charge on any atom is -0.497 e. The number of fused-ring (bicyclic) bond motifs is 1. The minimum absolute atomic E-state index is 0.638. The van der Waals surface area contributed by atoms with Crippen molar-refractivity contribution in [2.45, 2.75) is 25.2 Å². The molecule has 0 atom stereocenters. The van der Waals surface area contributed by atoms with Gasteiger partial charge in [0, 0.05) is 23.6 Å². The van der Waals surface area contributed by atoms with Gasteiger partial charge >= 0.3 is 0 Å². The van der Waals surface area contributed by atoms with Crippen LogP contribution >= 0.6 is 0 Å². The summed E-state index contributed by atoms with van der Waals surface area (Å²) in [6.07, 6.45) is 8.07. The van der Waals surface area contributed by atoms with Crippen LogP contribution in [0.3, 0.4) is 0 Å². The van der Waals surface area contributed by atoms with E-state index in [1.165, 1.54) is 48.0 Å². The third-order valence-electron chi connectivity index (χ3n) is 5.36. The van der Waals surface area contributed by atoms with Gasteiger partial charge in [0.15, 0.2) is 0 Å². The Morgan fingerprint density at radius 1 is 1.29 bits per heavy atom. The Hall–Kier alpha value is -1.78. The number of rotatable bonds is 4. The Balaban J connectivity index is 1.43. The van der Waals surface area contributed by atoms with E-state index in [0.29, 0.717) is 5.92 Å². The van der Waals surface area contributed by atoms with Crippen molar-refractivity contribution in [1.29, 1.82) is 0 Å². The fraction of sp³-hybridized carbons (Fsp3) is 0.500. The van der Waals surface area contributed by atoms with Crippen LogP contribution in [0.1, 0.15) is 30.7 Å². The van der Waals surface area contributed by atoms with Gasteiger partial charge in [0.2, 0.25) is 0 Å². The van der Waals surface area contributed by atoms with Gasteiger partial charge in [-0.3, -0.25) is 4.90 Å². The third-order valence-corrected chi connectivity index (χ3v) is 5.36. The number of benzene rings is 1. The average Bonchev–Trinajstić information content (AvgIpc) is 3.06. The van der Waals surface area contributed by atoms with Crippen molar-refractivity contribution in [2.24, 2.45) is 0 Å². The molecule has 1 saturated heterocycles. The van der Waals surface area contributed by atoms with Crippen LogP contribution in [0.15, 0.2) is 36.0 Å². The lowest BCUT2D eigenvalue weighted by Gasteiger charge is -2.33. The second kappa shape index (κ2) is 6.99. The number of hydrogen-bond acceptors (Lipinski definition) is 3. The molecule has 2 aliphatic rings. The summed E-state index contributed by atoms with van der Waals surface area (Å²) in [4.78, 5) is 5.99. The van der Waals surface area contributed by atoms with E-state index in [0.717, 1.165) is 31.9 Å². The molecule has 24 heavy (non-hydrogen) atoms. The first-order valence-electron chi connectivity index (χ1n) is 8.96. The van der Waals surface area contributed by atoms with Crippen LogP contribution in [0, 0.1) is 0 Å². The highest BCUT2D eigenvalue weighted by Gasteiger charge is 2.23. The highest BCUT2D eigenvalue weighted by Crippen LogP contribution is 2.34. The Morgan fingerprint density at radius 2 is 2.17 bits per heavy atom. The molecule has 1 aromatic heterocycles. The molecular weight excluding hydrogens is 300 g/mol. The lowest BCUT2D eigenvalue weighted by molar-refractivity contribution is 0.138. The van der Waals surface area contributed by atoms with Crippen molar-refractivity contribution < 1.29 is 9.47 Å². The van der Waals surface area contributed by atoms with E-state index in [4.69, 9.17) is 9.47 Å². The van der Waals surface area contributed by atoms with E-state index >= 15 is 0 Å². The lowest BCUT2D eigenvalue weighted by atomic mass is 9.89. The maximum absolute atomic E-state index is 5.56. The largest absolute Gasteiger partial charge is 0.497 e. The molecule has 0 unspecified atom stereocenters. The smallest absolute Gasteiger partial charge is 0.119 e. The number of nitrogens with zero attached hydrogens (tertiary/aromatic N) is 1. The summed E-state index contributed by atoms with van der Waals surface area (Å²) < 4.78 is 11.0. The molecule has 2 aromatic rings. The highest BCUT2D eigenvalue weighted by atomic mass is 16.5. The van der Waals surface area contributed by atoms with Gasteiger partial charge in [-0.05, 0) is 67.6 Å². The number of aromatic amines is 1. The summed E-state index contributed by atoms with van der Waals surface area (Å²) >= 11 is 0. The Labute approximate surface area is 143 Å². The third kappa shape index (κ3) is 3.21. The minimum atomic E-state index is 0.638. The molecule has 4 nitrogen and oxygen atoms in total. The molecule has 0 spiro atoms. The lowest BCUT2D eigenvalue weighted by Crippen LogP contribution is -2.35. The fourth-order valence-electron chi connectivity index (χ4n) is 3.99. The summed E-state index contributed by atoms with van der Waals surface area (Å²) in [6.45, 7) is 5.11. The van der Waals surface area contributed by atoms with Crippen LogP contribution in [-0.2, 0) is 4.74 Å². The van der Waals surface area contributed by atoms with Gasteiger partial charge in [-0.25, -0.2) is 0 Å². The number of piperidine rings is 1. The Morgan fingerprint density at radius 3 is 2.92 bits per heavy atom. The van der Waals surface area contributed by atoms with Crippen LogP contribution in [0.5, 0.6) is 5.75 Å². The van der Waals surface area contributed by atoms with Crippen LogP contribution in [0.25, 0.3) is 10.9 Å². The maximum atomic E-state index is 5.56. The second-order valence-electron chi connectivity index (χ2n) is 6.91. The van der Waals surface area contributed by atoms with Crippen molar-refractivity contribution in [2.75, 3.05) is 40.0 Å². The molecule has 0 bridgehead atoms. The number of ether oxygens (including phenoxy) is 2. The van der Waals surface area contributed by atoms with Crippen molar-refractivity contribution in [3.05, 3.63) is 41.6 Å². The molecule has 3 heterocycles. The van der Waals surface area contributed by atoms with Crippen molar-refractivity contribution in [1.82, 2.24) is 9.88 Å². The van der Waals surface area contributed by atoms with Gasteiger partial charge in [-0.15, -0.1) is 0 Å². The van der Waals surface area contributed by atoms with Gasteiger partial charge < -0.3 is 14.5 Å². The molecule has 1 aromatic carbocycles. The molecule has 0 aliphatic carbocycles. The first kappa shape index (κ1) is 15.7. The topological polar surface area (TPSA) is 37.5 Å². The van der Waals surface area contributed by atoms with Crippen LogP contribution in [0.4, 0.5) is 0 Å². The van der Waals surface area contributed by atoms with Crippen molar-refractivity contribution in [3.63, 3.8) is 0 Å². The van der Waals surface area contributed by atoms with Crippen LogP contribution in [0.2, 0.25) is 0 Å². The maximum Gasteiger partial charge on any atom is 0.119 e. The van der Waals surface area contributed by atoms with E-state index in [1.807, 2.05) is 6.07 Å². The average molecular weight is 326 g/mol. The van der Waals surface area contributed by atoms with Crippen molar-refractivity contribution >= 4 is 10.9 Å². The Kier molecular flexibility index (Phi) is 4.58. The molecule has 2 aliphatic heterocycles. The number of likely N-dealkylation sites (tertiary alicyclic amines) is 1. The number of methoxy groups -OCH3 is 1. The monoisotopic (exact) mass is 326 g/mol. The molecule has 1 fully saturated rings. The van der Waals surface area contributed by atoms with Gasteiger partial charge in [0.25, 0.3) is 0 Å². The van der Waals surface area contributed by atoms with E-state index in [-0.39, 0.29) is 0 Å². The molecule has 0 radical (unpaired) electrons. The van der Waals surface area contributed by atoms with E-state index in [1.54, 1.807) is 7.11 Å². The predicted molar refractivity (Wildman–Crippen MR) is 96.8 cm³/mol. The number of H-pyrrole nitrogens is 1. The zero-order chi connectivity index (χ0) is 16.4. The van der Waals surface area contributed by atoms with E-state index in [9.17, 15) is 0 Å². The predicted octanol–water partition coefficient (Wildman–Crippen LogP) is 3.70. The van der Waals surface area contributed by atoms with Gasteiger partial charge in [-0.2, -0.15) is 0 Å². The van der Waals surface area contributed by atoms with Crippen molar-refractivity contribution in [3.8, 4) is 5.75 Å².